The fourth-order valence-electron chi connectivity index (χ4n) is 2.40. The molecule has 20 heavy (non-hydrogen) atoms. The molecule has 6 heteroatoms. The van der Waals surface area contributed by atoms with Gasteiger partial charge in [0, 0.05) is 27.6 Å². The molecule has 1 atom stereocenters. The van der Waals surface area contributed by atoms with Gasteiger partial charge in [0.05, 0.1) is 18.4 Å². The Hall–Kier alpha value is -1.11. The molecular formula is C14H15BrN2O2S. The van der Waals surface area contributed by atoms with E-state index >= 15 is 0 Å². The number of thiophene rings is 1. The van der Waals surface area contributed by atoms with Gasteiger partial charge in [0.2, 0.25) is 0 Å². The van der Waals surface area contributed by atoms with Gasteiger partial charge >= 0.3 is 0 Å². The molecule has 2 N–H and O–H groups in total. The van der Waals surface area contributed by atoms with Crippen LogP contribution in [0, 0.1) is 0 Å². The summed E-state index contributed by atoms with van der Waals surface area (Å²) in [5.41, 5.74) is 6.73. The van der Waals surface area contributed by atoms with Gasteiger partial charge in [-0.05, 0) is 19.1 Å². The third-order valence-corrected chi connectivity index (χ3v) is 5.06. The van der Waals surface area contributed by atoms with Crippen LogP contribution in [0.2, 0.25) is 0 Å². The van der Waals surface area contributed by atoms with Crippen LogP contribution in [0.5, 0.6) is 0 Å². The molecule has 1 aliphatic heterocycles. The van der Waals surface area contributed by atoms with Crippen LogP contribution in [0.4, 0.5) is 5.69 Å². The van der Waals surface area contributed by atoms with E-state index in [1.54, 1.807) is 0 Å². The number of morpholine rings is 1. The molecule has 1 saturated heterocycles. The van der Waals surface area contributed by atoms with Crippen molar-refractivity contribution in [2.45, 2.75) is 13.0 Å². The molecule has 1 amide bonds. The van der Waals surface area contributed by atoms with E-state index in [9.17, 15) is 4.79 Å². The zero-order chi connectivity index (χ0) is 14.3. The van der Waals surface area contributed by atoms with Crippen molar-refractivity contribution in [3.63, 3.8) is 0 Å². The van der Waals surface area contributed by atoms with Gasteiger partial charge in [0.1, 0.15) is 4.88 Å². The smallest absolute Gasteiger partial charge is 0.266 e. The molecule has 1 aromatic carbocycles. The van der Waals surface area contributed by atoms with E-state index < -0.39 is 0 Å². The summed E-state index contributed by atoms with van der Waals surface area (Å²) in [5.74, 6) is 0.00923. The van der Waals surface area contributed by atoms with Crippen LogP contribution in [0.15, 0.2) is 22.7 Å². The van der Waals surface area contributed by atoms with Crippen molar-refractivity contribution in [2.24, 2.45) is 0 Å². The number of nitrogens with zero attached hydrogens (tertiary/aromatic N) is 1. The highest BCUT2D eigenvalue weighted by molar-refractivity contribution is 9.10. The van der Waals surface area contributed by atoms with Gasteiger partial charge in [-0.3, -0.25) is 4.79 Å². The molecule has 4 nitrogen and oxygen atoms in total. The summed E-state index contributed by atoms with van der Waals surface area (Å²) in [7, 11) is 0. The summed E-state index contributed by atoms with van der Waals surface area (Å²) < 4.78 is 7.49. The van der Waals surface area contributed by atoms with Gasteiger partial charge < -0.3 is 15.4 Å². The summed E-state index contributed by atoms with van der Waals surface area (Å²) >= 11 is 4.90. The maximum absolute atomic E-state index is 12.6. The standard InChI is InChI=1S/C14H15BrN2O2S/c1-8-7-17(4-5-19-8)14(18)13-12(16)10-3-2-9(15)6-11(10)20-13/h2-3,6,8H,4-5,7,16H2,1H3. The van der Waals surface area contributed by atoms with Crippen molar-refractivity contribution < 1.29 is 9.53 Å². The number of halogens is 1. The van der Waals surface area contributed by atoms with Gasteiger partial charge in [0.15, 0.2) is 0 Å². The average Bonchev–Trinajstić information content (AvgIpc) is 2.74. The van der Waals surface area contributed by atoms with E-state index in [1.807, 2.05) is 30.0 Å². The van der Waals surface area contributed by atoms with E-state index in [0.717, 1.165) is 14.6 Å². The third kappa shape index (κ3) is 2.43. The number of hydrogen-bond acceptors (Lipinski definition) is 4. The SMILES string of the molecule is CC1CN(C(=O)c2sc3cc(Br)ccc3c2N)CCO1. The van der Waals surface area contributed by atoms with Gasteiger partial charge in [-0.2, -0.15) is 0 Å². The molecule has 0 aliphatic carbocycles. The Morgan fingerprint density at radius 1 is 1.55 bits per heavy atom. The van der Waals surface area contributed by atoms with Gasteiger partial charge in [-0.1, -0.05) is 22.0 Å². The predicted molar refractivity (Wildman–Crippen MR) is 85.3 cm³/mol. The zero-order valence-electron chi connectivity index (χ0n) is 11.1. The summed E-state index contributed by atoms with van der Waals surface area (Å²) in [5, 5.41) is 0.947. The highest BCUT2D eigenvalue weighted by Crippen LogP contribution is 2.36. The number of nitrogen functional groups attached to an aromatic ring is 1. The Kier molecular flexibility index (Phi) is 3.70. The lowest BCUT2D eigenvalue weighted by Gasteiger charge is -2.30. The number of fused-ring (bicyclic) bond motifs is 1. The van der Waals surface area contributed by atoms with Crippen LogP contribution in [0.1, 0.15) is 16.6 Å². The molecule has 1 aromatic heterocycles. The molecular weight excluding hydrogens is 340 g/mol. The van der Waals surface area contributed by atoms with Crippen molar-refractivity contribution in [3.8, 4) is 0 Å². The molecule has 2 heterocycles. The minimum absolute atomic E-state index is 0.00923. The minimum atomic E-state index is 0.00923. The molecule has 0 radical (unpaired) electrons. The minimum Gasteiger partial charge on any atom is -0.397 e. The molecule has 0 saturated carbocycles. The number of benzene rings is 1. The lowest BCUT2D eigenvalue weighted by molar-refractivity contribution is -0.0122. The Morgan fingerprint density at radius 3 is 3.10 bits per heavy atom. The molecule has 1 unspecified atom stereocenters. The van der Waals surface area contributed by atoms with Crippen molar-refractivity contribution >= 4 is 48.9 Å². The molecule has 3 rings (SSSR count). The summed E-state index contributed by atoms with van der Waals surface area (Å²) in [4.78, 5) is 15.1. The number of hydrogen-bond donors (Lipinski definition) is 1. The number of amides is 1. The first-order valence-electron chi connectivity index (χ1n) is 6.44. The average molecular weight is 355 g/mol. The number of rotatable bonds is 1. The maximum Gasteiger partial charge on any atom is 0.266 e. The summed E-state index contributed by atoms with van der Waals surface area (Å²) in [6.45, 7) is 3.81. The third-order valence-electron chi connectivity index (χ3n) is 3.41. The van der Waals surface area contributed by atoms with E-state index in [1.165, 1.54) is 11.3 Å². The first-order valence-corrected chi connectivity index (χ1v) is 8.05. The Bertz CT molecular complexity index is 670. The van der Waals surface area contributed by atoms with Crippen LogP contribution < -0.4 is 5.73 Å². The van der Waals surface area contributed by atoms with Crippen molar-refractivity contribution in [2.75, 3.05) is 25.4 Å². The topological polar surface area (TPSA) is 55.6 Å². The van der Waals surface area contributed by atoms with Gasteiger partial charge in [0.25, 0.3) is 5.91 Å². The predicted octanol–water partition coefficient (Wildman–Crippen LogP) is 3.11. The lowest BCUT2D eigenvalue weighted by Crippen LogP contribution is -2.44. The van der Waals surface area contributed by atoms with E-state index in [-0.39, 0.29) is 12.0 Å². The Balaban J connectivity index is 1.97. The van der Waals surface area contributed by atoms with Crippen LogP contribution in [0.25, 0.3) is 10.1 Å². The normalized spacial score (nSPS) is 19.5. The largest absolute Gasteiger partial charge is 0.397 e. The summed E-state index contributed by atoms with van der Waals surface area (Å²) in [6, 6.07) is 5.88. The zero-order valence-corrected chi connectivity index (χ0v) is 13.5. The van der Waals surface area contributed by atoms with Crippen LogP contribution in [-0.2, 0) is 4.74 Å². The Labute approximate surface area is 129 Å². The monoisotopic (exact) mass is 354 g/mol. The highest BCUT2D eigenvalue weighted by Gasteiger charge is 2.26. The van der Waals surface area contributed by atoms with Crippen molar-refractivity contribution in [1.82, 2.24) is 4.90 Å². The number of carbonyl (C=O) groups excluding carboxylic acids is 1. The quantitative estimate of drug-likeness (QED) is 0.855. The summed E-state index contributed by atoms with van der Waals surface area (Å²) in [6.07, 6.45) is 0.0810. The van der Waals surface area contributed by atoms with E-state index in [2.05, 4.69) is 15.9 Å². The maximum atomic E-state index is 12.6. The fourth-order valence-corrected chi connectivity index (χ4v) is 4.04. The second-order valence-electron chi connectivity index (χ2n) is 4.92. The number of anilines is 1. The molecule has 1 aliphatic rings. The first-order chi connectivity index (χ1) is 9.56. The number of ether oxygens (including phenoxy) is 1. The molecule has 1 fully saturated rings. The van der Waals surface area contributed by atoms with Crippen LogP contribution in [-0.4, -0.2) is 36.6 Å². The van der Waals surface area contributed by atoms with Crippen molar-refractivity contribution in [1.29, 1.82) is 0 Å². The molecule has 106 valence electrons. The number of nitrogens with two attached hydrogens (primary N) is 1. The second kappa shape index (κ2) is 5.35. The van der Waals surface area contributed by atoms with Crippen LogP contribution in [0.3, 0.4) is 0 Å². The first kappa shape index (κ1) is 13.9. The Morgan fingerprint density at radius 2 is 2.35 bits per heavy atom. The highest BCUT2D eigenvalue weighted by atomic mass is 79.9. The van der Waals surface area contributed by atoms with E-state index in [0.29, 0.717) is 30.3 Å². The fraction of sp³-hybridized carbons (Fsp3) is 0.357. The second-order valence-corrected chi connectivity index (χ2v) is 6.89. The molecule has 0 spiro atoms. The van der Waals surface area contributed by atoms with Crippen molar-refractivity contribution in [3.05, 3.63) is 27.5 Å². The molecule has 2 aromatic rings. The molecule has 0 bridgehead atoms. The van der Waals surface area contributed by atoms with Gasteiger partial charge in [-0.15, -0.1) is 11.3 Å². The lowest BCUT2D eigenvalue weighted by atomic mass is 10.2. The van der Waals surface area contributed by atoms with Crippen LogP contribution >= 0.6 is 27.3 Å². The van der Waals surface area contributed by atoms with Gasteiger partial charge in [-0.25, -0.2) is 0 Å². The van der Waals surface area contributed by atoms with E-state index in [4.69, 9.17) is 10.5 Å². The number of carbonyl (C=O) groups is 1.